The Hall–Kier alpha value is -4.39. The topological polar surface area (TPSA) is 161 Å². The van der Waals surface area contributed by atoms with Crippen LogP contribution in [-0.2, 0) is 16.8 Å². The molecule has 0 saturated carbocycles. The lowest BCUT2D eigenvalue weighted by atomic mass is 10.1. The van der Waals surface area contributed by atoms with Crippen molar-refractivity contribution >= 4 is 38.7 Å². The first kappa shape index (κ1) is 24.7. The zero-order chi connectivity index (χ0) is 25.9. The molecular weight excluding hydrogens is 482 g/mol. The number of hydrogen-bond acceptors (Lipinski definition) is 11. The molecule has 0 radical (unpaired) electrons. The molecule has 3 N–H and O–H groups in total. The van der Waals surface area contributed by atoms with E-state index < -0.39 is 9.73 Å². The van der Waals surface area contributed by atoms with E-state index in [1.54, 1.807) is 55.4 Å². The molecule has 12 nitrogen and oxygen atoms in total. The second-order valence-electron chi connectivity index (χ2n) is 7.85. The Bertz CT molecular complexity index is 1520. The number of aromatic nitrogens is 6. The fraction of sp³-hybridized carbons (Fsp3) is 0.217. The first-order chi connectivity index (χ1) is 17.2. The van der Waals surface area contributed by atoms with Gasteiger partial charge >= 0.3 is 0 Å². The van der Waals surface area contributed by atoms with Gasteiger partial charge in [-0.3, -0.25) is 9.48 Å². The summed E-state index contributed by atoms with van der Waals surface area (Å²) in [6, 6.07) is 6.60. The highest BCUT2D eigenvalue weighted by molar-refractivity contribution is 7.91. The summed E-state index contributed by atoms with van der Waals surface area (Å²) in [4.78, 5) is 30.2. The van der Waals surface area contributed by atoms with E-state index in [2.05, 4.69) is 35.7 Å². The van der Waals surface area contributed by atoms with Crippen LogP contribution in [0.4, 0.5) is 23.1 Å². The molecule has 4 aromatic heterocycles. The van der Waals surface area contributed by atoms with Gasteiger partial charge in [-0.1, -0.05) is 6.92 Å². The van der Waals surface area contributed by atoms with Crippen LogP contribution >= 0.6 is 0 Å². The number of aryl methyl sites for hydroxylation is 1. The summed E-state index contributed by atoms with van der Waals surface area (Å²) < 4.78 is 26.8. The smallest absolute Gasteiger partial charge is 0.185 e. The van der Waals surface area contributed by atoms with E-state index in [9.17, 15) is 9.00 Å². The Kier molecular flexibility index (Phi) is 6.92. The summed E-state index contributed by atoms with van der Waals surface area (Å²) in [6.07, 6.45) is 7.67. The van der Waals surface area contributed by atoms with E-state index in [1.807, 2.05) is 0 Å². The molecule has 0 aliphatic carbocycles. The van der Waals surface area contributed by atoms with Crippen molar-refractivity contribution in [3.63, 3.8) is 0 Å². The van der Waals surface area contributed by atoms with Crippen molar-refractivity contribution in [1.82, 2.24) is 29.7 Å². The predicted molar refractivity (Wildman–Crippen MR) is 135 cm³/mol. The van der Waals surface area contributed by atoms with E-state index in [4.69, 9.17) is 9.52 Å². The van der Waals surface area contributed by atoms with Crippen LogP contribution in [0.5, 0.6) is 5.75 Å². The minimum Gasteiger partial charge on any atom is -0.492 e. The van der Waals surface area contributed by atoms with Gasteiger partial charge in [-0.15, -0.1) is 0 Å². The average molecular weight is 508 g/mol. The third-order valence-corrected chi connectivity index (χ3v) is 6.31. The second kappa shape index (κ2) is 10.1. The highest BCUT2D eigenvalue weighted by atomic mass is 32.2. The van der Waals surface area contributed by atoms with Crippen LogP contribution < -0.4 is 15.4 Å². The third-order valence-electron chi connectivity index (χ3n) is 5.17. The summed E-state index contributed by atoms with van der Waals surface area (Å²) in [7, 11) is 0.429. The van der Waals surface area contributed by atoms with Gasteiger partial charge < -0.3 is 15.4 Å². The van der Waals surface area contributed by atoms with E-state index in [1.165, 1.54) is 25.8 Å². The molecule has 0 aliphatic heterocycles. The Morgan fingerprint density at radius 3 is 2.50 bits per heavy atom. The number of pyridine rings is 3. The molecule has 13 heteroatoms. The van der Waals surface area contributed by atoms with Crippen LogP contribution in [0.15, 0.2) is 54.1 Å². The monoisotopic (exact) mass is 507 g/mol. The number of nitrogens with one attached hydrogen (secondary N) is 3. The third kappa shape index (κ3) is 5.30. The number of carbonyl (C=O) groups excluding carboxylic acids is 1. The van der Waals surface area contributed by atoms with Crippen molar-refractivity contribution in [3.05, 3.63) is 54.7 Å². The standard InChI is InChI=1S/C23H25N9O3S/c1-5-18(33)16-12-27-20(30-19-7-6-14(11-26-19)36(4,24)34)10-17(16)29-23-21(35-3)15(8-9-25-23)22-28-13-32(2)31-22/h6-13,24H,5H2,1-4H3,(H2,25,26,27,29,30). The number of anilines is 4. The molecule has 4 aromatic rings. The average Bonchev–Trinajstić information content (AvgIpc) is 3.29. The van der Waals surface area contributed by atoms with Crippen LogP contribution in [-0.4, -0.2) is 53.1 Å². The fourth-order valence-electron chi connectivity index (χ4n) is 3.37. The van der Waals surface area contributed by atoms with Gasteiger partial charge in [0, 0.05) is 44.4 Å². The van der Waals surface area contributed by atoms with Crippen LogP contribution in [0.3, 0.4) is 0 Å². The number of nitrogens with zero attached hydrogens (tertiary/aromatic N) is 6. The molecule has 4 heterocycles. The van der Waals surface area contributed by atoms with Crippen LogP contribution in [0.2, 0.25) is 0 Å². The summed E-state index contributed by atoms with van der Waals surface area (Å²) in [6.45, 7) is 1.77. The van der Waals surface area contributed by atoms with E-state index in [0.29, 0.717) is 50.7 Å². The van der Waals surface area contributed by atoms with E-state index in [-0.39, 0.29) is 12.2 Å². The van der Waals surface area contributed by atoms with Gasteiger partial charge in [0.15, 0.2) is 23.2 Å². The molecule has 4 rings (SSSR count). The molecule has 1 unspecified atom stereocenters. The number of ketones is 1. The quantitative estimate of drug-likeness (QED) is 0.284. The van der Waals surface area contributed by atoms with Gasteiger partial charge in [0.25, 0.3) is 0 Å². The molecule has 1 atom stereocenters. The summed E-state index contributed by atoms with van der Waals surface area (Å²) >= 11 is 0. The molecule has 186 valence electrons. The normalized spacial score (nSPS) is 12.6. The maximum atomic E-state index is 12.6. The summed E-state index contributed by atoms with van der Waals surface area (Å²) in [5.74, 6) is 2.01. The number of ether oxygens (including phenoxy) is 1. The maximum absolute atomic E-state index is 12.6. The highest BCUT2D eigenvalue weighted by Gasteiger charge is 2.19. The first-order valence-electron chi connectivity index (χ1n) is 10.9. The molecule has 0 aliphatic rings. The largest absolute Gasteiger partial charge is 0.492 e. The molecule has 36 heavy (non-hydrogen) atoms. The predicted octanol–water partition coefficient (Wildman–Crippen LogP) is 3.79. The van der Waals surface area contributed by atoms with Crippen LogP contribution in [0.1, 0.15) is 23.7 Å². The zero-order valence-corrected chi connectivity index (χ0v) is 21.0. The van der Waals surface area contributed by atoms with Gasteiger partial charge in [-0.25, -0.2) is 28.9 Å². The van der Waals surface area contributed by atoms with Gasteiger partial charge in [0.2, 0.25) is 0 Å². The van der Waals surface area contributed by atoms with Crippen molar-refractivity contribution in [2.75, 3.05) is 24.0 Å². The highest BCUT2D eigenvalue weighted by Crippen LogP contribution is 2.36. The number of hydrogen-bond donors (Lipinski definition) is 3. The van der Waals surface area contributed by atoms with Crippen molar-refractivity contribution in [3.8, 4) is 17.1 Å². The molecule has 0 amide bonds. The van der Waals surface area contributed by atoms with E-state index >= 15 is 0 Å². The minimum absolute atomic E-state index is 0.103. The maximum Gasteiger partial charge on any atom is 0.185 e. The van der Waals surface area contributed by atoms with Crippen molar-refractivity contribution in [2.45, 2.75) is 18.2 Å². The van der Waals surface area contributed by atoms with Crippen molar-refractivity contribution in [2.24, 2.45) is 7.05 Å². The zero-order valence-electron chi connectivity index (χ0n) is 20.1. The summed E-state index contributed by atoms with van der Waals surface area (Å²) in [5, 5.41) is 10.6. The van der Waals surface area contributed by atoms with Gasteiger partial charge in [0.05, 0.1) is 38.5 Å². The number of Topliss-reactive ketones (excluding diaryl/α,β-unsaturated/α-hetero) is 1. The number of rotatable bonds is 9. The van der Waals surface area contributed by atoms with Crippen molar-refractivity contribution < 1.29 is 13.7 Å². The Morgan fingerprint density at radius 1 is 1.11 bits per heavy atom. The van der Waals surface area contributed by atoms with Gasteiger partial charge in [-0.2, -0.15) is 5.10 Å². The number of carbonyl (C=O) groups is 1. The SMILES string of the molecule is CCC(=O)c1cnc(Nc2ccc(S(C)(=N)=O)cn2)cc1Nc1nccc(-c2ncn(C)n2)c1OC. The lowest BCUT2D eigenvalue weighted by Gasteiger charge is -2.16. The molecule has 0 aromatic carbocycles. The minimum atomic E-state index is -2.86. The van der Waals surface area contributed by atoms with Crippen LogP contribution in [0, 0.1) is 4.78 Å². The Balaban J connectivity index is 1.70. The summed E-state index contributed by atoms with van der Waals surface area (Å²) in [5.41, 5.74) is 1.49. The molecule has 0 bridgehead atoms. The van der Waals surface area contributed by atoms with Gasteiger partial charge in [-0.05, 0) is 18.2 Å². The first-order valence-corrected chi connectivity index (χ1v) is 12.8. The molecule has 0 fully saturated rings. The lowest BCUT2D eigenvalue weighted by Crippen LogP contribution is -2.08. The van der Waals surface area contributed by atoms with E-state index in [0.717, 1.165) is 0 Å². The molecule has 0 spiro atoms. The van der Waals surface area contributed by atoms with Crippen LogP contribution in [0.25, 0.3) is 11.4 Å². The Labute approximate surface area is 208 Å². The second-order valence-corrected chi connectivity index (χ2v) is 10.0. The molecule has 0 saturated heterocycles. The van der Waals surface area contributed by atoms with Gasteiger partial charge in [0.1, 0.15) is 18.0 Å². The van der Waals surface area contributed by atoms with Crippen molar-refractivity contribution in [1.29, 1.82) is 4.78 Å². The molecular formula is C23H25N9O3S. The Morgan fingerprint density at radius 2 is 1.89 bits per heavy atom. The number of methoxy groups -OCH3 is 1. The lowest BCUT2D eigenvalue weighted by molar-refractivity contribution is 0.0988. The fourth-order valence-corrected chi connectivity index (χ4v) is 3.95.